The van der Waals surface area contributed by atoms with E-state index in [0.29, 0.717) is 13.1 Å². The Morgan fingerprint density at radius 3 is 2.57 bits per heavy atom. The molecule has 1 aromatic heterocycles. The minimum absolute atomic E-state index is 0.386. The summed E-state index contributed by atoms with van der Waals surface area (Å²) in [5, 5.41) is 4.27. The quantitative estimate of drug-likeness (QED) is 0.790. The maximum absolute atomic E-state index is 12.5. The van der Waals surface area contributed by atoms with E-state index in [9.17, 15) is 8.42 Å². The Hall–Kier alpha value is -0.960. The van der Waals surface area contributed by atoms with Crippen molar-refractivity contribution in [2.75, 3.05) is 32.8 Å². The van der Waals surface area contributed by atoms with Crippen molar-refractivity contribution in [2.24, 2.45) is 7.05 Å². The highest BCUT2D eigenvalue weighted by atomic mass is 32.2. The summed E-state index contributed by atoms with van der Waals surface area (Å²) in [5.41, 5.74) is 3.27. The summed E-state index contributed by atoms with van der Waals surface area (Å²) in [4.78, 5) is 2.32. The van der Waals surface area contributed by atoms with Crippen LogP contribution in [0, 0.1) is 0 Å². The lowest BCUT2D eigenvalue weighted by Crippen LogP contribution is -2.40. The second kappa shape index (κ2) is 6.51. The molecule has 0 atom stereocenters. The van der Waals surface area contributed by atoms with Gasteiger partial charge in [-0.05, 0) is 13.8 Å². The van der Waals surface area contributed by atoms with Gasteiger partial charge < -0.3 is 4.74 Å². The van der Waals surface area contributed by atoms with Gasteiger partial charge in [-0.2, -0.15) is 9.40 Å². The van der Waals surface area contributed by atoms with Crippen LogP contribution >= 0.6 is 0 Å². The van der Waals surface area contributed by atoms with E-state index < -0.39 is 10.0 Å². The Kier molecular flexibility index (Phi) is 4.78. The zero-order chi connectivity index (χ0) is 16.6. The molecular formula is C15H26N4O3S. The number of hydrogen-bond donors (Lipinski definition) is 0. The summed E-state index contributed by atoms with van der Waals surface area (Å²) >= 11 is 0. The van der Waals surface area contributed by atoms with Gasteiger partial charge >= 0.3 is 0 Å². The van der Waals surface area contributed by atoms with Crippen LogP contribution in [0.3, 0.4) is 0 Å². The number of ether oxygens (including phenoxy) is 1. The molecule has 0 unspecified atom stereocenters. The first-order chi connectivity index (χ1) is 10.9. The minimum atomic E-state index is -3.22. The van der Waals surface area contributed by atoms with Crippen LogP contribution in [-0.4, -0.2) is 65.5 Å². The van der Waals surface area contributed by atoms with E-state index in [1.54, 1.807) is 18.2 Å². The number of rotatable bonds is 4. The van der Waals surface area contributed by atoms with Crippen LogP contribution in [0.1, 0.15) is 30.8 Å². The van der Waals surface area contributed by atoms with Gasteiger partial charge in [0.05, 0.1) is 24.2 Å². The predicted molar refractivity (Wildman–Crippen MR) is 87.5 cm³/mol. The summed E-state index contributed by atoms with van der Waals surface area (Å²) in [6, 6.07) is 0. The Morgan fingerprint density at radius 1 is 1.22 bits per heavy atom. The highest BCUT2D eigenvalue weighted by Crippen LogP contribution is 2.26. The van der Waals surface area contributed by atoms with Crippen LogP contribution < -0.4 is 0 Å². The second-order valence-electron chi connectivity index (χ2n) is 6.56. The maximum atomic E-state index is 12.5. The van der Waals surface area contributed by atoms with Crippen LogP contribution in [0.25, 0.3) is 0 Å². The molecule has 3 heterocycles. The van der Waals surface area contributed by atoms with E-state index >= 15 is 0 Å². The highest BCUT2D eigenvalue weighted by molar-refractivity contribution is 7.89. The lowest BCUT2D eigenvalue weighted by Gasteiger charge is -2.29. The van der Waals surface area contributed by atoms with Gasteiger partial charge in [0.15, 0.2) is 0 Å². The molecule has 1 aromatic rings. The standard InChI is InChI=1S/C15H26N4O3S/c1-12(2)23(20,21)19-5-4-15-13(10-19)14(16-17(15)3)11-18-6-8-22-9-7-18/h12H,4-11H2,1-3H3. The van der Waals surface area contributed by atoms with Gasteiger partial charge in [0.25, 0.3) is 0 Å². The molecule has 0 saturated carbocycles. The molecule has 3 rings (SSSR count). The lowest BCUT2D eigenvalue weighted by molar-refractivity contribution is 0.0334. The van der Waals surface area contributed by atoms with Gasteiger partial charge in [-0.3, -0.25) is 9.58 Å². The molecule has 0 aliphatic carbocycles. The van der Waals surface area contributed by atoms with E-state index in [1.165, 1.54) is 5.69 Å². The molecule has 2 aliphatic rings. The van der Waals surface area contributed by atoms with Crippen molar-refractivity contribution in [3.05, 3.63) is 17.0 Å². The zero-order valence-corrected chi connectivity index (χ0v) is 15.0. The van der Waals surface area contributed by atoms with Crippen LogP contribution in [-0.2, 0) is 41.3 Å². The molecule has 23 heavy (non-hydrogen) atoms. The zero-order valence-electron chi connectivity index (χ0n) is 14.2. The maximum Gasteiger partial charge on any atom is 0.216 e. The van der Waals surface area contributed by atoms with E-state index in [4.69, 9.17) is 4.74 Å². The van der Waals surface area contributed by atoms with Crippen LogP contribution in [0.15, 0.2) is 0 Å². The number of sulfonamides is 1. The molecule has 0 amide bonds. The van der Waals surface area contributed by atoms with E-state index in [0.717, 1.165) is 50.5 Å². The minimum Gasteiger partial charge on any atom is -0.379 e. The molecule has 130 valence electrons. The van der Waals surface area contributed by atoms with Gasteiger partial charge in [-0.1, -0.05) is 0 Å². The number of hydrogen-bond acceptors (Lipinski definition) is 5. The van der Waals surface area contributed by atoms with Crippen molar-refractivity contribution < 1.29 is 13.2 Å². The summed E-state index contributed by atoms with van der Waals surface area (Å²) in [6.45, 7) is 8.55. The van der Waals surface area contributed by atoms with E-state index in [1.807, 2.05) is 11.7 Å². The van der Waals surface area contributed by atoms with Crippen molar-refractivity contribution in [3.8, 4) is 0 Å². The SMILES string of the molecule is CC(C)S(=O)(=O)N1CCc2c(c(CN3CCOCC3)nn2C)C1. The number of morpholine rings is 1. The van der Waals surface area contributed by atoms with Crippen LogP contribution in [0.4, 0.5) is 0 Å². The molecule has 2 aliphatic heterocycles. The van der Waals surface area contributed by atoms with Crippen molar-refractivity contribution in [2.45, 2.75) is 38.6 Å². The van der Waals surface area contributed by atoms with E-state index in [2.05, 4.69) is 10.00 Å². The van der Waals surface area contributed by atoms with Crippen molar-refractivity contribution in [1.29, 1.82) is 0 Å². The first-order valence-corrected chi connectivity index (χ1v) is 9.72. The van der Waals surface area contributed by atoms with Gasteiger partial charge in [-0.25, -0.2) is 8.42 Å². The second-order valence-corrected chi connectivity index (χ2v) is 9.05. The van der Waals surface area contributed by atoms with Gasteiger partial charge in [0, 0.05) is 57.4 Å². The number of fused-ring (bicyclic) bond motifs is 1. The van der Waals surface area contributed by atoms with Crippen molar-refractivity contribution in [3.63, 3.8) is 0 Å². The Morgan fingerprint density at radius 2 is 1.91 bits per heavy atom. The van der Waals surface area contributed by atoms with Crippen molar-refractivity contribution in [1.82, 2.24) is 19.0 Å². The molecule has 8 heteroatoms. The van der Waals surface area contributed by atoms with E-state index in [-0.39, 0.29) is 5.25 Å². The summed E-state index contributed by atoms with van der Waals surface area (Å²) in [6.07, 6.45) is 0.730. The summed E-state index contributed by atoms with van der Waals surface area (Å²) in [7, 11) is -1.27. The van der Waals surface area contributed by atoms with Crippen LogP contribution in [0.5, 0.6) is 0 Å². The summed E-state index contributed by atoms with van der Waals surface area (Å²) < 4.78 is 33.9. The third kappa shape index (κ3) is 3.31. The third-order valence-corrected chi connectivity index (χ3v) is 6.95. The normalized spacial score (nSPS) is 20.9. The van der Waals surface area contributed by atoms with Gasteiger partial charge in [0.2, 0.25) is 10.0 Å². The Balaban J connectivity index is 1.83. The monoisotopic (exact) mass is 342 g/mol. The molecular weight excluding hydrogens is 316 g/mol. The first kappa shape index (κ1) is 16.9. The number of aryl methyl sites for hydroxylation is 1. The molecule has 0 bridgehead atoms. The predicted octanol–water partition coefficient (Wildman–Crippen LogP) is 0.349. The topological polar surface area (TPSA) is 67.7 Å². The first-order valence-electron chi connectivity index (χ1n) is 8.22. The number of aromatic nitrogens is 2. The Labute approximate surface area is 138 Å². The number of nitrogens with zero attached hydrogens (tertiary/aromatic N) is 4. The van der Waals surface area contributed by atoms with Crippen molar-refractivity contribution >= 4 is 10.0 Å². The molecule has 0 aromatic carbocycles. The van der Waals surface area contributed by atoms with Crippen LogP contribution in [0.2, 0.25) is 0 Å². The molecule has 1 fully saturated rings. The highest BCUT2D eigenvalue weighted by Gasteiger charge is 2.32. The summed E-state index contributed by atoms with van der Waals surface area (Å²) in [5.74, 6) is 0. The molecule has 7 nitrogen and oxygen atoms in total. The average Bonchev–Trinajstić information content (AvgIpc) is 2.84. The Bertz CT molecular complexity index is 663. The third-order valence-electron chi connectivity index (χ3n) is 4.72. The lowest BCUT2D eigenvalue weighted by atomic mass is 10.1. The fourth-order valence-electron chi connectivity index (χ4n) is 3.26. The smallest absolute Gasteiger partial charge is 0.216 e. The molecule has 1 saturated heterocycles. The van der Waals surface area contributed by atoms with Gasteiger partial charge in [-0.15, -0.1) is 0 Å². The molecule has 0 N–H and O–H groups in total. The fourth-order valence-corrected chi connectivity index (χ4v) is 4.51. The van der Waals surface area contributed by atoms with Gasteiger partial charge in [0.1, 0.15) is 0 Å². The average molecular weight is 342 g/mol. The largest absolute Gasteiger partial charge is 0.379 e. The molecule has 0 spiro atoms. The fraction of sp³-hybridized carbons (Fsp3) is 0.800. The molecule has 0 radical (unpaired) electrons.